The molecule has 1 aliphatic carbocycles. The van der Waals surface area contributed by atoms with Crippen LogP contribution in [0.4, 0.5) is 5.69 Å². The Morgan fingerprint density at radius 3 is 2.56 bits per heavy atom. The van der Waals surface area contributed by atoms with Gasteiger partial charge in [-0.3, -0.25) is 14.5 Å². The van der Waals surface area contributed by atoms with Crippen molar-refractivity contribution in [2.24, 2.45) is 5.73 Å². The second kappa shape index (κ2) is 6.37. The van der Waals surface area contributed by atoms with Crippen LogP contribution in [0.2, 0.25) is 0 Å². The van der Waals surface area contributed by atoms with Crippen LogP contribution in [0.3, 0.4) is 0 Å². The lowest BCUT2D eigenvalue weighted by Crippen LogP contribution is -2.19. The van der Waals surface area contributed by atoms with Crippen LogP contribution >= 0.6 is 0 Å². The molecule has 3 heterocycles. The molecular weight excluding hydrogens is 338 g/mol. The highest BCUT2D eigenvalue weighted by atomic mass is 16.1. The number of anilines is 1. The predicted octanol–water partition coefficient (Wildman–Crippen LogP) is 3.52. The van der Waals surface area contributed by atoms with Gasteiger partial charge in [0.2, 0.25) is 0 Å². The van der Waals surface area contributed by atoms with E-state index in [1.807, 2.05) is 23.1 Å². The van der Waals surface area contributed by atoms with Crippen molar-refractivity contribution in [1.29, 1.82) is 0 Å². The lowest BCUT2D eigenvalue weighted by molar-refractivity contribution is 0.0995. The maximum absolute atomic E-state index is 12.0. The highest BCUT2D eigenvalue weighted by Crippen LogP contribution is 2.36. The van der Waals surface area contributed by atoms with Crippen molar-refractivity contribution in [1.82, 2.24) is 14.8 Å². The van der Waals surface area contributed by atoms with Crippen LogP contribution in [0.15, 0.2) is 36.7 Å². The Balaban J connectivity index is 1.59. The molecule has 1 aromatic carbocycles. The number of fused-ring (bicyclic) bond motifs is 1. The van der Waals surface area contributed by atoms with E-state index in [-0.39, 0.29) is 0 Å². The molecule has 2 fully saturated rings. The van der Waals surface area contributed by atoms with Gasteiger partial charge >= 0.3 is 0 Å². The third-order valence-corrected chi connectivity index (χ3v) is 5.89. The zero-order valence-electron chi connectivity index (χ0n) is 15.3. The molecular formula is C21H23N5O. The van der Waals surface area contributed by atoms with Gasteiger partial charge in [0.25, 0.3) is 5.91 Å². The van der Waals surface area contributed by atoms with Crippen LogP contribution < -0.4 is 10.6 Å². The maximum atomic E-state index is 12.0. The molecule has 1 aliphatic heterocycles. The number of rotatable bonds is 4. The number of pyridine rings is 1. The summed E-state index contributed by atoms with van der Waals surface area (Å²) in [4.78, 5) is 18.8. The van der Waals surface area contributed by atoms with Crippen LogP contribution in [0.5, 0.6) is 0 Å². The molecule has 2 N–H and O–H groups in total. The largest absolute Gasteiger partial charge is 0.370 e. The van der Waals surface area contributed by atoms with Crippen LogP contribution in [0.25, 0.3) is 22.0 Å². The first-order valence-corrected chi connectivity index (χ1v) is 9.73. The summed E-state index contributed by atoms with van der Waals surface area (Å²) in [5.41, 5.74) is 10.2. The molecule has 1 amide bonds. The summed E-state index contributed by atoms with van der Waals surface area (Å²) in [6, 6.07) is 8.74. The lowest BCUT2D eigenvalue weighted by Gasteiger charge is -2.26. The molecule has 0 spiro atoms. The first-order chi connectivity index (χ1) is 13.2. The van der Waals surface area contributed by atoms with E-state index in [1.165, 1.54) is 19.3 Å². The van der Waals surface area contributed by atoms with Crippen LogP contribution in [-0.4, -0.2) is 33.8 Å². The molecule has 5 rings (SSSR count). The summed E-state index contributed by atoms with van der Waals surface area (Å²) in [6.45, 7) is 2.17. The van der Waals surface area contributed by atoms with E-state index >= 15 is 0 Å². The Morgan fingerprint density at radius 1 is 1.04 bits per heavy atom. The fourth-order valence-corrected chi connectivity index (χ4v) is 4.15. The second-order valence-corrected chi connectivity index (χ2v) is 7.60. The zero-order valence-corrected chi connectivity index (χ0v) is 15.3. The number of aromatic nitrogens is 3. The average Bonchev–Trinajstić information content (AvgIpc) is 3.29. The Labute approximate surface area is 158 Å². The Morgan fingerprint density at radius 2 is 1.85 bits per heavy atom. The van der Waals surface area contributed by atoms with Gasteiger partial charge < -0.3 is 10.6 Å². The van der Waals surface area contributed by atoms with Gasteiger partial charge in [0, 0.05) is 30.2 Å². The summed E-state index contributed by atoms with van der Waals surface area (Å²) < 4.78 is 1.99. The SMILES string of the molecule is NC(=O)c1nn(C2CCC2)c2ccc(-c3cncc(N4CCCC4)c3)cc12. The normalized spacial score (nSPS) is 17.4. The highest BCUT2D eigenvalue weighted by molar-refractivity contribution is 6.05. The van der Waals surface area contributed by atoms with Crippen molar-refractivity contribution < 1.29 is 4.79 Å². The van der Waals surface area contributed by atoms with Gasteiger partial charge in [0.1, 0.15) is 0 Å². The fourth-order valence-electron chi connectivity index (χ4n) is 4.15. The first-order valence-electron chi connectivity index (χ1n) is 9.73. The Kier molecular flexibility index (Phi) is 3.85. The summed E-state index contributed by atoms with van der Waals surface area (Å²) in [5, 5.41) is 5.38. The summed E-state index contributed by atoms with van der Waals surface area (Å²) in [5.74, 6) is -0.473. The Bertz CT molecular complexity index is 1010. The van der Waals surface area contributed by atoms with E-state index in [0.717, 1.165) is 53.6 Å². The highest BCUT2D eigenvalue weighted by Gasteiger charge is 2.25. The number of primary amides is 1. The van der Waals surface area contributed by atoms with Gasteiger partial charge in [0.15, 0.2) is 5.69 Å². The van der Waals surface area contributed by atoms with Crippen molar-refractivity contribution in [3.8, 4) is 11.1 Å². The standard InChI is InChI=1S/C21H23N5O/c22-21(27)20-18-11-14(6-7-19(18)26(24-20)16-4-3-5-16)15-10-17(13-23-12-15)25-8-1-2-9-25/h6-7,10-13,16H,1-5,8-9H2,(H2,22,27). The van der Waals surface area contributed by atoms with Crippen LogP contribution in [-0.2, 0) is 0 Å². The molecule has 27 heavy (non-hydrogen) atoms. The number of carbonyl (C=O) groups is 1. The monoisotopic (exact) mass is 361 g/mol. The van der Waals surface area contributed by atoms with E-state index in [4.69, 9.17) is 5.73 Å². The quantitative estimate of drug-likeness (QED) is 0.771. The summed E-state index contributed by atoms with van der Waals surface area (Å²) in [7, 11) is 0. The van der Waals surface area contributed by atoms with Gasteiger partial charge in [-0.05, 0) is 55.9 Å². The molecule has 6 nitrogen and oxygen atoms in total. The minimum Gasteiger partial charge on any atom is -0.370 e. The van der Waals surface area contributed by atoms with Crippen molar-refractivity contribution in [2.75, 3.05) is 18.0 Å². The number of hydrogen-bond acceptors (Lipinski definition) is 4. The van der Waals surface area contributed by atoms with Crippen molar-refractivity contribution in [3.05, 3.63) is 42.4 Å². The molecule has 1 saturated heterocycles. The third-order valence-electron chi connectivity index (χ3n) is 5.89. The minimum atomic E-state index is -0.473. The molecule has 2 aromatic heterocycles. The smallest absolute Gasteiger partial charge is 0.269 e. The fraction of sp³-hybridized carbons (Fsp3) is 0.381. The summed E-state index contributed by atoms with van der Waals surface area (Å²) >= 11 is 0. The Hall–Kier alpha value is -2.89. The van der Waals surface area contributed by atoms with Crippen molar-refractivity contribution in [2.45, 2.75) is 38.1 Å². The lowest BCUT2D eigenvalue weighted by atomic mass is 9.93. The van der Waals surface area contributed by atoms with Gasteiger partial charge in [-0.1, -0.05) is 6.07 Å². The number of carbonyl (C=O) groups excluding carboxylic acids is 1. The number of benzene rings is 1. The molecule has 138 valence electrons. The van der Waals surface area contributed by atoms with Crippen molar-refractivity contribution in [3.63, 3.8) is 0 Å². The third kappa shape index (κ3) is 2.76. The molecule has 6 heteroatoms. The molecule has 3 aromatic rings. The van der Waals surface area contributed by atoms with Gasteiger partial charge in [-0.25, -0.2) is 0 Å². The predicted molar refractivity (Wildman–Crippen MR) is 106 cm³/mol. The maximum Gasteiger partial charge on any atom is 0.269 e. The van der Waals surface area contributed by atoms with Gasteiger partial charge in [-0.15, -0.1) is 0 Å². The van der Waals surface area contributed by atoms with Crippen LogP contribution in [0.1, 0.15) is 48.6 Å². The second-order valence-electron chi connectivity index (χ2n) is 7.60. The molecule has 0 unspecified atom stereocenters. The molecule has 1 saturated carbocycles. The minimum absolute atomic E-state index is 0.363. The van der Waals surface area contributed by atoms with E-state index in [1.54, 1.807) is 0 Å². The molecule has 2 aliphatic rings. The van der Waals surface area contributed by atoms with E-state index in [2.05, 4.69) is 33.2 Å². The zero-order chi connectivity index (χ0) is 18.4. The number of hydrogen-bond donors (Lipinski definition) is 1. The first kappa shape index (κ1) is 16.3. The topological polar surface area (TPSA) is 77.0 Å². The molecule has 0 radical (unpaired) electrons. The van der Waals surface area contributed by atoms with E-state index < -0.39 is 5.91 Å². The van der Waals surface area contributed by atoms with Gasteiger partial charge in [-0.2, -0.15) is 5.10 Å². The average molecular weight is 361 g/mol. The number of nitrogens with zero attached hydrogens (tertiary/aromatic N) is 4. The summed E-state index contributed by atoms with van der Waals surface area (Å²) in [6.07, 6.45) is 9.71. The van der Waals surface area contributed by atoms with Gasteiger partial charge in [0.05, 0.1) is 23.4 Å². The number of nitrogens with two attached hydrogens (primary N) is 1. The van der Waals surface area contributed by atoms with E-state index in [0.29, 0.717) is 11.7 Å². The molecule has 0 atom stereocenters. The van der Waals surface area contributed by atoms with E-state index in [9.17, 15) is 4.79 Å². The molecule has 0 bridgehead atoms. The van der Waals surface area contributed by atoms with Crippen LogP contribution in [0, 0.1) is 0 Å². The van der Waals surface area contributed by atoms with Crippen molar-refractivity contribution >= 4 is 22.5 Å². The number of amides is 1.